The van der Waals surface area contributed by atoms with E-state index in [2.05, 4.69) is 110 Å². The van der Waals surface area contributed by atoms with E-state index in [1.54, 1.807) is 44.1 Å². The minimum atomic E-state index is -4.49. The van der Waals surface area contributed by atoms with E-state index in [4.69, 9.17) is 0 Å². The first-order valence-electron chi connectivity index (χ1n) is 21.8. The SMILES string of the molecule is CC(C)(C)c1ccc2c(c1)[cH-]c1cc(C(C)(C)C)ccc12.CC1=[C-]C(C)C=C1CC12CC3CC(CC(C3)C1)C2.FC(F)(F)c1cccc([C](=[Zr+2])c2cccc(C(F)(F)F)c2)c1.[Cl-].[Cl-]. The Kier molecular flexibility index (Phi) is 15.6. The van der Waals surface area contributed by atoms with Crippen molar-refractivity contribution in [2.45, 2.75) is 124 Å². The molecule has 63 heavy (non-hydrogen) atoms. The molecule has 0 spiro atoms. The van der Waals surface area contributed by atoms with E-state index in [0.29, 0.717) is 14.5 Å². The van der Waals surface area contributed by atoms with Crippen LogP contribution in [0.4, 0.5) is 26.3 Å². The summed E-state index contributed by atoms with van der Waals surface area (Å²) in [6.45, 7) is 18.2. The zero-order valence-corrected chi connectivity index (χ0v) is 41.5. The minimum Gasteiger partial charge on any atom is -1.00 e. The van der Waals surface area contributed by atoms with Crippen molar-refractivity contribution in [2.75, 3.05) is 0 Å². The smallest absolute Gasteiger partial charge is 1.00 e. The van der Waals surface area contributed by atoms with Gasteiger partial charge in [0.1, 0.15) is 0 Å². The molecule has 0 amide bonds. The molecule has 10 rings (SSSR count). The summed E-state index contributed by atoms with van der Waals surface area (Å²) in [5, 5.41) is 5.48. The van der Waals surface area contributed by atoms with Gasteiger partial charge in [-0.15, -0.1) is 39.7 Å². The molecule has 336 valence electrons. The molecule has 1 atom stereocenters. The van der Waals surface area contributed by atoms with Crippen LogP contribution < -0.4 is 24.8 Å². The van der Waals surface area contributed by atoms with Gasteiger partial charge in [0.05, 0.1) is 0 Å². The molecule has 0 saturated heterocycles. The van der Waals surface area contributed by atoms with Crippen molar-refractivity contribution in [2.24, 2.45) is 29.1 Å². The summed E-state index contributed by atoms with van der Waals surface area (Å²) in [7, 11) is 0. The van der Waals surface area contributed by atoms with Crippen molar-refractivity contribution in [3.8, 4) is 0 Å². The normalized spacial score (nSPS) is 22.9. The van der Waals surface area contributed by atoms with Crippen LogP contribution >= 0.6 is 0 Å². The Morgan fingerprint density at radius 1 is 0.635 bits per heavy atom. The summed E-state index contributed by atoms with van der Waals surface area (Å²) in [5.74, 6) is 3.82. The van der Waals surface area contributed by atoms with E-state index < -0.39 is 23.5 Å². The zero-order chi connectivity index (χ0) is 44.3. The predicted molar refractivity (Wildman–Crippen MR) is 235 cm³/mol. The summed E-state index contributed by atoms with van der Waals surface area (Å²) in [4.78, 5) is 0. The second-order valence-electron chi connectivity index (χ2n) is 20.6. The maximum atomic E-state index is 12.7. The third kappa shape index (κ3) is 11.9. The van der Waals surface area contributed by atoms with E-state index in [-0.39, 0.29) is 46.8 Å². The van der Waals surface area contributed by atoms with Crippen LogP contribution in [0.25, 0.3) is 21.5 Å². The van der Waals surface area contributed by atoms with Gasteiger partial charge in [-0.3, -0.25) is 6.08 Å². The van der Waals surface area contributed by atoms with Gasteiger partial charge in [0.15, 0.2) is 0 Å². The van der Waals surface area contributed by atoms with Gasteiger partial charge < -0.3 is 24.8 Å². The molecule has 0 N–H and O–H groups in total. The van der Waals surface area contributed by atoms with E-state index >= 15 is 0 Å². The van der Waals surface area contributed by atoms with Gasteiger partial charge in [-0.05, 0) is 72.5 Å². The fraction of sp³-hybridized carbons (Fsp3) is 0.444. The Labute approximate surface area is 397 Å². The quantitative estimate of drug-likeness (QED) is 0.124. The van der Waals surface area contributed by atoms with Crippen molar-refractivity contribution in [1.82, 2.24) is 0 Å². The van der Waals surface area contributed by atoms with Gasteiger partial charge in [0, 0.05) is 0 Å². The summed E-state index contributed by atoms with van der Waals surface area (Å²) in [5.41, 5.74) is 5.91. The maximum Gasteiger partial charge on any atom is -1.00 e. The Bertz CT molecular complexity index is 2320. The van der Waals surface area contributed by atoms with E-state index in [1.165, 1.54) is 68.9 Å². The van der Waals surface area contributed by atoms with Crippen LogP contribution in [0.5, 0.6) is 0 Å². The Morgan fingerprint density at radius 3 is 1.40 bits per heavy atom. The predicted octanol–water partition coefficient (Wildman–Crippen LogP) is 10.1. The second kappa shape index (κ2) is 19.2. The molecular weight excluding hydrogens is 925 g/mol. The van der Waals surface area contributed by atoms with E-state index in [1.807, 2.05) is 0 Å². The van der Waals surface area contributed by atoms with Crippen LogP contribution in [0.2, 0.25) is 0 Å². The number of hydrogen-bond donors (Lipinski definition) is 0. The standard InChI is InChI=1S/C21H25.C18H25.C15H8F6.2ClH.Zr/c1-20(2,3)16-7-9-18-14(12-16)11-15-13-17(21(4,5)6)8-10-19(15)18;1-12-3-13(2)17(4-12)11-18-8-14-5-15(9-18)7-16(6-14)10-18;16-14(17,18)12-5-1-3-10(8-12)7-11-4-2-6-13(9-11)15(19,20)21;;;/h7-13H,1-6H3;4,12,14-16H,5-11H2,1-2H3;1-6,8-9H;2*1H;/q2*-1;;;;+2/p-2. The van der Waals surface area contributed by atoms with Crippen LogP contribution in [-0.4, -0.2) is 3.21 Å². The van der Waals surface area contributed by atoms with Gasteiger partial charge in [0.2, 0.25) is 0 Å². The number of fused-ring (bicyclic) bond motifs is 3. The van der Waals surface area contributed by atoms with Crippen molar-refractivity contribution >= 4 is 24.8 Å². The topological polar surface area (TPSA) is 0 Å². The monoisotopic (exact) mass is 980 g/mol. The van der Waals surface area contributed by atoms with Crippen molar-refractivity contribution in [1.29, 1.82) is 0 Å². The first-order chi connectivity index (χ1) is 28.4. The van der Waals surface area contributed by atoms with Crippen LogP contribution in [0, 0.1) is 35.2 Å². The molecular formula is C54H58Cl2F6Zr-2. The van der Waals surface area contributed by atoms with Crippen LogP contribution in [-0.2, 0) is 47.4 Å². The van der Waals surface area contributed by atoms with Crippen LogP contribution in [0.1, 0.15) is 134 Å². The molecule has 9 heteroatoms. The largest absolute Gasteiger partial charge is 1.00 e. The third-order valence-corrected chi connectivity index (χ3v) is 14.9. The molecule has 1 unspecified atom stereocenters. The summed E-state index contributed by atoms with van der Waals surface area (Å²) < 4.78 is 76.7. The number of benzene rings is 4. The van der Waals surface area contributed by atoms with Crippen molar-refractivity contribution < 1.29 is 75.4 Å². The molecule has 4 saturated carbocycles. The third-order valence-electron chi connectivity index (χ3n) is 13.5. The molecule has 4 bridgehead atoms. The number of halogens is 8. The molecule has 0 radical (unpaired) electrons. The first kappa shape index (κ1) is 51.1. The fourth-order valence-corrected chi connectivity index (χ4v) is 11.6. The molecule has 0 nitrogen and oxygen atoms in total. The van der Waals surface area contributed by atoms with Crippen molar-refractivity contribution in [3.63, 3.8) is 0 Å². The van der Waals surface area contributed by atoms with Gasteiger partial charge in [0.25, 0.3) is 0 Å². The minimum absolute atomic E-state index is 0. The molecule has 0 aromatic heterocycles. The molecule has 5 aromatic rings. The fourth-order valence-electron chi connectivity index (χ4n) is 10.8. The molecule has 0 heterocycles. The second-order valence-corrected chi connectivity index (χ2v) is 21.9. The molecule has 5 aliphatic rings. The molecule has 5 aliphatic carbocycles. The number of allylic oxidation sites excluding steroid dienone is 4. The molecule has 4 fully saturated rings. The Hall–Kier alpha value is -2.86. The molecule has 0 aliphatic heterocycles. The summed E-state index contributed by atoms with van der Waals surface area (Å²) in [6, 6.07) is 25.3. The summed E-state index contributed by atoms with van der Waals surface area (Å²) >= 11 is 0.729. The zero-order valence-electron chi connectivity index (χ0n) is 37.5. The van der Waals surface area contributed by atoms with Gasteiger partial charge >= 0.3 is 137 Å². The van der Waals surface area contributed by atoms with E-state index in [9.17, 15) is 26.3 Å². The average molecular weight is 983 g/mol. The van der Waals surface area contributed by atoms with Crippen LogP contribution in [0.3, 0.4) is 0 Å². The maximum absolute atomic E-state index is 12.7. The average Bonchev–Trinajstić information content (AvgIpc) is 3.69. The Balaban J connectivity index is 0.000000176. The van der Waals surface area contributed by atoms with Crippen LogP contribution in [0.15, 0.2) is 108 Å². The van der Waals surface area contributed by atoms with E-state index in [0.717, 1.165) is 66.3 Å². The number of alkyl halides is 6. The van der Waals surface area contributed by atoms with Gasteiger partial charge in [-0.25, -0.2) is 5.57 Å². The van der Waals surface area contributed by atoms with Gasteiger partial charge in [-0.2, -0.15) is 11.6 Å². The molecule has 5 aromatic carbocycles. The Morgan fingerprint density at radius 2 is 1.05 bits per heavy atom. The number of hydrogen-bond acceptors (Lipinski definition) is 0. The number of rotatable bonds is 4. The van der Waals surface area contributed by atoms with Crippen molar-refractivity contribution in [3.05, 3.63) is 148 Å². The van der Waals surface area contributed by atoms with Gasteiger partial charge in [-0.1, -0.05) is 103 Å². The summed E-state index contributed by atoms with van der Waals surface area (Å²) in [6.07, 6.45) is 7.77. The first-order valence-corrected chi connectivity index (χ1v) is 23.0.